The molecule has 0 heterocycles. The first-order chi connectivity index (χ1) is 6.86. The molecule has 1 aromatic carbocycles. The van der Waals surface area contributed by atoms with Gasteiger partial charge in [0.05, 0.1) is 0 Å². The molecule has 0 N–H and O–H groups in total. The van der Waals surface area contributed by atoms with Crippen LogP contribution >= 0.6 is 12.6 Å². The predicted molar refractivity (Wildman–Crippen MR) is 67.2 cm³/mol. The van der Waals surface area contributed by atoms with Crippen molar-refractivity contribution in [1.82, 2.24) is 0 Å². The fourth-order valence-corrected chi connectivity index (χ4v) is 1.69. The van der Waals surface area contributed by atoms with Crippen molar-refractivity contribution in [3.05, 3.63) is 35.4 Å². The maximum Gasteiger partial charge on any atom is -0.00947 e. The molecule has 0 aromatic heterocycles. The quantitative estimate of drug-likeness (QED) is 0.674. The van der Waals surface area contributed by atoms with Gasteiger partial charge in [0.2, 0.25) is 0 Å². The van der Waals surface area contributed by atoms with Crippen LogP contribution in [0.4, 0.5) is 0 Å². The maximum absolute atomic E-state index is 4.22. The van der Waals surface area contributed by atoms with Gasteiger partial charge in [0, 0.05) is 0 Å². The number of hydrogen-bond acceptors (Lipinski definition) is 1. The molecule has 0 fully saturated rings. The SMILES string of the molecule is CCCCc1ccc(CCCS)cc1. The van der Waals surface area contributed by atoms with Gasteiger partial charge >= 0.3 is 0 Å². The van der Waals surface area contributed by atoms with Crippen molar-refractivity contribution in [2.45, 2.75) is 39.0 Å². The number of aryl methyl sites for hydroxylation is 2. The van der Waals surface area contributed by atoms with Crippen LogP contribution in [0, 0.1) is 0 Å². The zero-order chi connectivity index (χ0) is 10.2. The van der Waals surface area contributed by atoms with E-state index in [1.54, 1.807) is 0 Å². The third-order valence-corrected chi connectivity index (χ3v) is 2.78. The van der Waals surface area contributed by atoms with Crippen LogP contribution in [0.15, 0.2) is 24.3 Å². The number of benzene rings is 1. The highest BCUT2D eigenvalue weighted by Crippen LogP contribution is 2.09. The molecule has 1 heteroatoms. The van der Waals surface area contributed by atoms with Gasteiger partial charge in [0.1, 0.15) is 0 Å². The third-order valence-electron chi connectivity index (χ3n) is 2.47. The molecule has 0 unspecified atom stereocenters. The zero-order valence-electron chi connectivity index (χ0n) is 9.00. The molecule has 0 atom stereocenters. The van der Waals surface area contributed by atoms with Gasteiger partial charge in [-0.05, 0) is 42.6 Å². The lowest BCUT2D eigenvalue weighted by Crippen LogP contribution is -1.88. The highest BCUT2D eigenvalue weighted by atomic mass is 32.1. The fraction of sp³-hybridized carbons (Fsp3) is 0.538. The summed E-state index contributed by atoms with van der Waals surface area (Å²) in [6.45, 7) is 2.24. The predicted octanol–water partition coefficient (Wildman–Crippen LogP) is 3.89. The van der Waals surface area contributed by atoms with Gasteiger partial charge in [-0.1, -0.05) is 37.6 Å². The van der Waals surface area contributed by atoms with Crippen LogP contribution in [0.5, 0.6) is 0 Å². The van der Waals surface area contributed by atoms with E-state index < -0.39 is 0 Å². The van der Waals surface area contributed by atoms with Gasteiger partial charge in [0.25, 0.3) is 0 Å². The topological polar surface area (TPSA) is 0 Å². The molecule has 0 radical (unpaired) electrons. The Bertz CT molecular complexity index is 211. The summed E-state index contributed by atoms with van der Waals surface area (Å²) in [5, 5.41) is 0. The molecule has 0 bridgehead atoms. The van der Waals surface area contributed by atoms with Crippen molar-refractivity contribution in [2.75, 3.05) is 5.75 Å². The van der Waals surface area contributed by atoms with Crippen LogP contribution in [-0.2, 0) is 12.8 Å². The molecule has 0 aliphatic rings. The fourth-order valence-electron chi connectivity index (χ4n) is 1.54. The van der Waals surface area contributed by atoms with Crippen molar-refractivity contribution < 1.29 is 0 Å². The number of hydrogen-bond donors (Lipinski definition) is 1. The third kappa shape index (κ3) is 4.19. The Morgan fingerprint density at radius 1 is 0.929 bits per heavy atom. The summed E-state index contributed by atoms with van der Waals surface area (Å²) < 4.78 is 0. The molecule has 1 rings (SSSR count). The van der Waals surface area contributed by atoms with Gasteiger partial charge in [0.15, 0.2) is 0 Å². The van der Waals surface area contributed by atoms with Crippen molar-refractivity contribution in [2.24, 2.45) is 0 Å². The van der Waals surface area contributed by atoms with Gasteiger partial charge in [-0.3, -0.25) is 0 Å². The van der Waals surface area contributed by atoms with Crippen molar-refractivity contribution in [3.8, 4) is 0 Å². The molecular weight excluding hydrogens is 188 g/mol. The Morgan fingerprint density at radius 2 is 1.43 bits per heavy atom. The second-order valence-corrected chi connectivity index (χ2v) is 4.19. The monoisotopic (exact) mass is 208 g/mol. The Kier molecular flexibility index (Phi) is 5.77. The largest absolute Gasteiger partial charge is 0.179 e. The van der Waals surface area contributed by atoms with E-state index in [0.717, 1.165) is 12.2 Å². The van der Waals surface area contributed by atoms with E-state index in [2.05, 4.69) is 43.8 Å². The van der Waals surface area contributed by atoms with E-state index >= 15 is 0 Å². The van der Waals surface area contributed by atoms with Crippen molar-refractivity contribution in [1.29, 1.82) is 0 Å². The second-order valence-electron chi connectivity index (χ2n) is 3.75. The molecule has 0 aliphatic heterocycles. The van der Waals surface area contributed by atoms with Crippen LogP contribution in [0.25, 0.3) is 0 Å². The molecular formula is C13H20S. The molecule has 0 spiro atoms. The molecule has 1 aromatic rings. The van der Waals surface area contributed by atoms with E-state index in [1.165, 1.54) is 36.8 Å². The summed E-state index contributed by atoms with van der Waals surface area (Å²) in [4.78, 5) is 0. The summed E-state index contributed by atoms with van der Waals surface area (Å²) in [7, 11) is 0. The molecule has 14 heavy (non-hydrogen) atoms. The normalized spacial score (nSPS) is 10.4. The molecule has 0 amide bonds. The Hall–Kier alpha value is -0.430. The molecule has 0 saturated heterocycles. The van der Waals surface area contributed by atoms with Gasteiger partial charge in [-0.15, -0.1) is 0 Å². The number of unbranched alkanes of at least 4 members (excludes halogenated alkanes) is 1. The molecule has 0 nitrogen and oxygen atoms in total. The van der Waals surface area contributed by atoms with Crippen LogP contribution in [0.2, 0.25) is 0 Å². The molecule has 0 saturated carbocycles. The standard InChI is InChI=1S/C13H20S/c1-2-3-5-12-7-9-13(10-8-12)6-4-11-14/h7-10,14H,2-6,11H2,1H3. The average Bonchev–Trinajstić information content (AvgIpc) is 2.25. The van der Waals surface area contributed by atoms with E-state index in [1.807, 2.05) is 0 Å². The number of rotatable bonds is 6. The number of thiol groups is 1. The lowest BCUT2D eigenvalue weighted by Gasteiger charge is -2.02. The summed E-state index contributed by atoms with van der Waals surface area (Å²) in [5.41, 5.74) is 2.92. The van der Waals surface area contributed by atoms with Crippen molar-refractivity contribution in [3.63, 3.8) is 0 Å². The minimum atomic E-state index is 0.984. The van der Waals surface area contributed by atoms with Crippen molar-refractivity contribution >= 4 is 12.6 Å². The summed E-state index contributed by atoms with van der Waals surface area (Å²) in [6, 6.07) is 9.05. The smallest absolute Gasteiger partial charge is 0.00947 e. The van der Waals surface area contributed by atoms with E-state index in [-0.39, 0.29) is 0 Å². The van der Waals surface area contributed by atoms with Gasteiger partial charge in [-0.25, -0.2) is 0 Å². The lowest BCUT2D eigenvalue weighted by molar-refractivity contribution is 0.794. The second kappa shape index (κ2) is 6.94. The summed E-state index contributed by atoms with van der Waals surface area (Å²) in [6.07, 6.45) is 6.15. The van der Waals surface area contributed by atoms with E-state index in [4.69, 9.17) is 0 Å². The van der Waals surface area contributed by atoms with E-state index in [9.17, 15) is 0 Å². The highest BCUT2D eigenvalue weighted by molar-refractivity contribution is 7.80. The Labute approximate surface area is 93.1 Å². The minimum Gasteiger partial charge on any atom is -0.179 e. The van der Waals surface area contributed by atoms with E-state index in [0.29, 0.717) is 0 Å². The van der Waals surface area contributed by atoms with Gasteiger partial charge < -0.3 is 0 Å². The first-order valence-corrected chi connectivity index (χ1v) is 6.18. The van der Waals surface area contributed by atoms with Crippen LogP contribution in [0.1, 0.15) is 37.3 Å². The first kappa shape index (κ1) is 11.6. The summed E-state index contributed by atoms with van der Waals surface area (Å²) >= 11 is 4.22. The Balaban J connectivity index is 2.42. The van der Waals surface area contributed by atoms with Gasteiger partial charge in [-0.2, -0.15) is 12.6 Å². The average molecular weight is 208 g/mol. The van der Waals surface area contributed by atoms with Crippen LogP contribution in [0.3, 0.4) is 0 Å². The maximum atomic E-state index is 4.22. The molecule has 0 aliphatic carbocycles. The van der Waals surface area contributed by atoms with Crippen LogP contribution < -0.4 is 0 Å². The summed E-state index contributed by atoms with van der Waals surface area (Å²) in [5.74, 6) is 0.984. The van der Waals surface area contributed by atoms with Crippen LogP contribution in [-0.4, -0.2) is 5.75 Å². The first-order valence-electron chi connectivity index (χ1n) is 5.55. The highest BCUT2D eigenvalue weighted by Gasteiger charge is 1.94. The lowest BCUT2D eigenvalue weighted by atomic mass is 10.0. The minimum absolute atomic E-state index is 0.984. The molecule has 78 valence electrons. The zero-order valence-corrected chi connectivity index (χ0v) is 9.89. The Morgan fingerprint density at radius 3 is 1.86 bits per heavy atom.